The van der Waals surface area contributed by atoms with Crippen molar-refractivity contribution in [3.63, 3.8) is 0 Å². The monoisotopic (exact) mass is 314 g/mol. The van der Waals surface area contributed by atoms with Gasteiger partial charge in [0.2, 0.25) is 5.89 Å². The molecule has 5 nitrogen and oxygen atoms in total. The van der Waals surface area contributed by atoms with Crippen LogP contribution in [0.2, 0.25) is 0 Å². The normalized spacial score (nSPS) is 10.7. The van der Waals surface area contributed by atoms with Crippen molar-refractivity contribution in [2.24, 2.45) is 0 Å². The van der Waals surface area contributed by atoms with Gasteiger partial charge in [0.25, 0.3) is 0 Å². The highest BCUT2D eigenvalue weighted by Gasteiger charge is 2.13. The van der Waals surface area contributed by atoms with E-state index in [4.69, 9.17) is 4.42 Å². The smallest absolute Gasteiger partial charge is 0.245 e. The van der Waals surface area contributed by atoms with E-state index in [0.29, 0.717) is 5.89 Å². The van der Waals surface area contributed by atoms with Crippen LogP contribution in [0.1, 0.15) is 5.56 Å². The molecule has 0 saturated heterocycles. The summed E-state index contributed by atoms with van der Waals surface area (Å²) in [5.74, 6) is 0.505. The number of nitrogens with zero attached hydrogens (tertiary/aromatic N) is 4. The lowest BCUT2D eigenvalue weighted by Gasteiger charge is -2.04. The van der Waals surface area contributed by atoms with Crippen LogP contribution < -0.4 is 0 Å². The highest BCUT2D eigenvalue weighted by molar-refractivity contribution is 5.66. The average Bonchev–Trinajstić information content (AvgIpc) is 3.13. The van der Waals surface area contributed by atoms with Gasteiger partial charge in [0.1, 0.15) is 24.0 Å². The molecule has 0 aliphatic heterocycles. The van der Waals surface area contributed by atoms with Crippen LogP contribution in [-0.4, -0.2) is 19.9 Å². The Labute approximate surface area is 139 Å². The number of hydrogen-bond acceptors (Lipinski definition) is 5. The standard InChI is InChI=1S/C19H14N4O/c1-13-7-8-16(15-9-20-12-21-10-15)22-18(13)19-23-17(11-24-19)14-5-3-2-4-6-14/h2-12H,1H3. The Morgan fingerprint density at radius 1 is 0.792 bits per heavy atom. The van der Waals surface area contributed by atoms with Crippen LogP contribution in [-0.2, 0) is 0 Å². The summed E-state index contributed by atoms with van der Waals surface area (Å²) in [7, 11) is 0. The summed E-state index contributed by atoms with van der Waals surface area (Å²) in [6.07, 6.45) is 6.63. The van der Waals surface area contributed by atoms with E-state index in [2.05, 4.69) is 19.9 Å². The summed E-state index contributed by atoms with van der Waals surface area (Å²) in [5.41, 5.74) is 5.16. The predicted octanol–water partition coefficient (Wildman–Crippen LogP) is 4.17. The molecule has 0 fully saturated rings. The molecule has 0 amide bonds. The highest BCUT2D eigenvalue weighted by atomic mass is 16.3. The van der Waals surface area contributed by atoms with Crippen LogP contribution in [0.25, 0.3) is 34.1 Å². The van der Waals surface area contributed by atoms with Gasteiger partial charge >= 0.3 is 0 Å². The van der Waals surface area contributed by atoms with Crippen LogP contribution in [0.15, 0.2) is 71.9 Å². The highest BCUT2D eigenvalue weighted by Crippen LogP contribution is 2.27. The zero-order valence-electron chi connectivity index (χ0n) is 13.0. The van der Waals surface area contributed by atoms with E-state index in [-0.39, 0.29) is 0 Å². The second kappa shape index (κ2) is 6.04. The number of oxazole rings is 1. The topological polar surface area (TPSA) is 64.7 Å². The molecule has 0 unspecified atom stereocenters. The van der Waals surface area contributed by atoms with Crippen LogP contribution in [0.3, 0.4) is 0 Å². The Balaban J connectivity index is 1.76. The second-order valence-electron chi connectivity index (χ2n) is 5.39. The van der Waals surface area contributed by atoms with E-state index in [0.717, 1.165) is 33.8 Å². The molecule has 0 N–H and O–H groups in total. The third kappa shape index (κ3) is 2.67. The number of aryl methyl sites for hydroxylation is 1. The Kier molecular flexibility index (Phi) is 3.59. The molecule has 0 spiro atoms. The van der Waals surface area contributed by atoms with Gasteiger partial charge < -0.3 is 4.42 Å². The minimum absolute atomic E-state index is 0.505. The molecule has 0 aliphatic rings. The number of hydrogen-bond donors (Lipinski definition) is 0. The number of benzene rings is 1. The molecule has 4 rings (SSSR count). The molecule has 24 heavy (non-hydrogen) atoms. The van der Waals surface area contributed by atoms with Gasteiger partial charge in [-0.2, -0.15) is 0 Å². The van der Waals surface area contributed by atoms with Crippen LogP contribution in [0.5, 0.6) is 0 Å². The maximum Gasteiger partial charge on any atom is 0.245 e. The fourth-order valence-electron chi connectivity index (χ4n) is 2.46. The number of aromatic nitrogens is 4. The average molecular weight is 314 g/mol. The fourth-order valence-corrected chi connectivity index (χ4v) is 2.46. The van der Waals surface area contributed by atoms with Crippen LogP contribution >= 0.6 is 0 Å². The maximum absolute atomic E-state index is 5.67. The third-order valence-electron chi connectivity index (χ3n) is 3.73. The van der Waals surface area contributed by atoms with Crippen molar-refractivity contribution in [3.8, 4) is 34.1 Å². The van der Waals surface area contributed by atoms with Gasteiger partial charge in [-0.3, -0.25) is 0 Å². The first kappa shape index (κ1) is 14.3. The Hall–Kier alpha value is -3.34. The SMILES string of the molecule is Cc1ccc(-c2cncnc2)nc1-c1nc(-c2ccccc2)co1. The lowest BCUT2D eigenvalue weighted by molar-refractivity contribution is 0.572. The van der Waals surface area contributed by atoms with Crippen molar-refractivity contribution >= 4 is 0 Å². The van der Waals surface area contributed by atoms with Gasteiger partial charge in [-0.1, -0.05) is 36.4 Å². The summed E-state index contributed by atoms with van der Waals surface area (Å²) >= 11 is 0. The first-order valence-corrected chi connectivity index (χ1v) is 7.55. The quantitative estimate of drug-likeness (QED) is 0.568. The molecule has 4 aromatic rings. The molecular formula is C19H14N4O. The van der Waals surface area contributed by atoms with Gasteiger partial charge in [0, 0.05) is 23.5 Å². The summed E-state index contributed by atoms with van der Waals surface area (Å²) in [6, 6.07) is 13.9. The molecule has 0 aliphatic carbocycles. The minimum atomic E-state index is 0.505. The van der Waals surface area contributed by atoms with Crippen molar-refractivity contribution < 1.29 is 4.42 Å². The molecule has 3 heterocycles. The Morgan fingerprint density at radius 3 is 2.38 bits per heavy atom. The lowest BCUT2D eigenvalue weighted by Crippen LogP contribution is -1.93. The molecule has 0 bridgehead atoms. The molecule has 5 heteroatoms. The third-order valence-corrected chi connectivity index (χ3v) is 3.73. The molecule has 3 aromatic heterocycles. The number of rotatable bonds is 3. The zero-order valence-corrected chi connectivity index (χ0v) is 13.0. The zero-order chi connectivity index (χ0) is 16.4. The molecule has 0 saturated carbocycles. The Morgan fingerprint density at radius 2 is 1.58 bits per heavy atom. The van der Waals surface area contributed by atoms with Crippen LogP contribution in [0.4, 0.5) is 0 Å². The van der Waals surface area contributed by atoms with E-state index in [9.17, 15) is 0 Å². The van der Waals surface area contributed by atoms with Crippen molar-refractivity contribution in [1.29, 1.82) is 0 Å². The van der Waals surface area contributed by atoms with Crippen molar-refractivity contribution in [1.82, 2.24) is 19.9 Å². The largest absolute Gasteiger partial charge is 0.443 e. The van der Waals surface area contributed by atoms with Gasteiger partial charge in [-0.05, 0) is 18.6 Å². The molecule has 0 radical (unpaired) electrons. The summed E-state index contributed by atoms with van der Waals surface area (Å²) in [6.45, 7) is 1.99. The molecule has 1 aromatic carbocycles. The Bertz CT molecular complexity index is 965. The first-order valence-electron chi connectivity index (χ1n) is 7.55. The van der Waals surface area contributed by atoms with E-state index >= 15 is 0 Å². The van der Waals surface area contributed by atoms with Crippen molar-refractivity contribution in [2.45, 2.75) is 6.92 Å². The fraction of sp³-hybridized carbons (Fsp3) is 0.0526. The van der Waals surface area contributed by atoms with Crippen LogP contribution in [0, 0.1) is 6.92 Å². The van der Waals surface area contributed by atoms with Gasteiger partial charge in [-0.25, -0.2) is 19.9 Å². The van der Waals surface area contributed by atoms with E-state index in [1.807, 2.05) is 49.4 Å². The minimum Gasteiger partial charge on any atom is -0.443 e. The number of pyridine rings is 1. The van der Waals surface area contributed by atoms with Gasteiger partial charge in [0.15, 0.2) is 0 Å². The van der Waals surface area contributed by atoms with Crippen molar-refractivity contribution in [3.05, 3.63) is 73.0 Å². The van der Waals surface area contributed by atoms with E-state index < -0.39 is 0 Å². The molecular weight excluding hydrogens is 300 g/mol. The molecule has 0 atom stereocenters. The summed E-state index contributed by atoms with van der Waals surface area (Å²) < 4.78 is 5.67. The summed E-state index contributed by atoms with van der Waals surface area (Å²) in [4.78, 5) is 17.3. The van der Waals surface area contributed by atoms with Crippen molar-refractivity contribution in [2.75, 3.05) is 0 Å². The first-order chi connectivity index (χ1) is 11.8. The molecule has 116 valence electrons. The predicted molar refractivity (Wildman–Crippen MR) is 90.9 cm³/mol. The summed E-state index contributed by atoms with van der Waals surface area (Å²) in [5, 5.41) is 0. The van der Waals surface area contributed by atoms with E-state index in [1.165, 1.54) is 6.33 Å². The maximum atomic E-state index is 5.67. The lowest BCUT2D eigenvalue weighted by atomic mass is 10.1. The van der Waals surface area contributed by atoms with E-state index in [1.54, 1.807) is 18.7 Å². The van der Waals surface area contributed by atoms with Gasteiger partial charge in [-0.15, -0.1) is 0 Å². The second-order valence-corrected chi connectivity index (χ2v) is 5.39. The van der Waals surface area contributed by atoms with Gasteiger partial charge in [0.05, 0.1) is 5.69 Å².